The number of carbonyl (C=O) groups excluding carboxylic acids is 1. The minimum Gasteiger partial charge on any atom is -0.294 e. The predicted molar refractivity (Wildman–Crippen MR) is 96.4 cm³/mol. The van der Waals surface area contributed by atoms with E-state index in [0.717, 1.165) is 42.5 Å². The van der Waals surface area contributed by atoms with E-state index in [0.29, 0.717) is 6.42 Å². The van der Waals surface area contributed by atoms with Crippen LogP contribution in [0.2, 0.25) is 0 Å². The Hall–Kier alpha value is -1.81. The van der Waals surface area contributed by atoms with Crippen molar-refractivity contribution >= 4 is 17.1 Å². The first-order chi connectivity index (χ1) is 11.9. The number of hydrogen-bond acceptors (Lipinski definition) is 3. The maximum Gasteiger partial charge on any atom is 0.160 e. The molecule has 25 heavy (non-hydrogen) atoms. The molecule has 1 unspecified atom stereocenters. The summed E-state index contributed by atoms with van der Waals surface area (Å²) in [6, 6.07) is 5.09. The standard InChI is InChI=1S/C21H20FNOS/c1-20(2)9-13-7-16-19(25-11-23-16)21(18(13)17(24)10-20)6-5-12-3-4-14(22)8-15(12)21/h3-4,8,11H,5-7,9-10H2,1-2H3. The summed E-state index contributed by atoms with van der Waals surface area (Å²) in [5.74, 6) is 0.0322. The van der Waals surface area contributed by atoms with Crippen LogP contribution >= 0.6 is 11.3 Å². The summed E-state index contributed by atoms with van der Waals surface area (Å²) < 4.78 is 14.1. The molecule has 4 heteroatoms. The largest absolute Gasteiger partial charge is 0.294 e. The first kappa shape index (κ1) is 15.4. The van der Waals surface area contributed by atoms with Gasteiger partial charge in [-0.25, -0.2) is 9.37 Å². The van der Waals surface area contributed by atoms with Crippen LogP contribution in [0.5, 0.6) is 0 Å². The first-order valence-corrected chi connectivity index (χ1v) is 9.76. The van der Waals surface area contributed by atoms with E-state index < -0.39 is 5.41 Å². The lowest BCUT2D eigenvalue weighted by Crippen LogP contribution is -2.41. The van der Waals surface area contributed by atoms with Crippen molar-refractivity contribution in [3.05, 3.63) is 62.4 Å². The van der Waals surface area contributed by atoms with Gasteiger partial charge < -0.3 is 0 Å². The topological polar surface area (TPSA) is 30.0 Å². The minimum absolute atomic E-state index is 0.00595. The number of halogens is 1. The van der Waals surface area contributed by atoms with Crippen LogP contribution in [-0.4, -0.2) is 10.8 Å². The van der Waals surface area contributed by atoms with Gasteiger partial charge in [-0.15, -0.1) is 11.3 Å². The second-order valence-corrected chi connectivity index (χ2v) is 9.29. The quantitative estimate of drug-likeness (QED) is 0.684. The second-order valence-electron chi connectivity index (χ2n) is 8.43. The van der Waals surface area contributed by atoms with Crippen molar-refractivity contribution in [3.63, 3.8) is 0 Å². The molecular formula is C21H20FNOS. The van der Waals surface area contributed by atoms with Crippen LogP contribution in [0.15, 0.2) is 34.9 Å². The molecule has 0 N–H and O–H groups in total. The Morgan fingerprint density at radius 1 is 1.24 bits per heavy atom. The molecule has 1 atom stereocenters. The number of allylic oxidation sites excluding steroid dienone is 2. The van der Waals surface area contributed by atoms with Crippen molar-refractivity contribution < 1.29 is 9.18 Å². The number of nitrogens with zero attached hydrogens (tertiary/aromatic N) is 1. The molecule has 128 valence electrons. The summed E-state index contributed by atoms with van der Waals surface area (Å²) in [4.78, 5) is 19.0. The van der Waals surface area contributed by atoms with Crippen molar-refractivity contribution in [2.75, 3.05) is 0 Å². The number of benzene rings is 1. The molecule has 0 fully saturated rings. The lowest BCUT2D eigenvalue weighted by molar-refractivity contribution is -0.118. The van der Waals surface area contributed by atoms with E-state index in [1.54, 1.807) is 17.4 Å². The zero-order chi connectivity index (χ0) is 17.4. The fourth-order valence-electron chi connectivity index (χ4n) is 5.31. The van der Waals surface area contributed by atoms with Crippen LogP contribution in [0, 0.1) is 11.2 Å². The van der Waals surface area contributed by atoms with Crippen LogP contribution < -0.4 is 0 Å². The molecule has 0 saturated carbocycles. The van der Waals surface area contributed by atoms with Gasteiger partial charge >= 0.3 is 0 Å². The van der Waals surface area contributed by atoms with Crippen molar-refractivity contribution in [2.45, 2.75) is 51.4 Å². The summed E-state index contributed by atoms with van der Waals surface area (Å²) in [6.07, 6.45) is 4.02. The van der Waals surface area contributed by atoms with Gasteiger partial charge in [0.2, 0.25) is 0 Å². The highest BCUT2D eigenvalue weighted by Gasteiger charge is 2.53. The zero-order valence-corrected chi connectivity index (χ0v) is 15.3. The van der Waals surface area contributed by atoms with Crippen LogP contribution in [0.3, 0.4) is 0 Å². The third-order valence-corrected chi connectivity index (χ3v) is 7.13. The summed E-state index contributed by atoms with van der Waals surface area (Å²) in [7, 11) is 0. The van der Waals surface area contributed by atoms with E-state index in [1.165, 1.54) is 22.1 Å². The van der Waals surface area contributed by atoms with E-state index in [-0.39, 0.29) is 17.0 Å². The van der Waals surface area contributed by atoms with Crippen LogP contribution in [0.25, 0.3) is 0 Å². The Kier molecular flexibility index (Phi) is 3.01. The molecule has 0 amide bonds. The molecule has 3 aliphatic rings. The molecule has 5 rings (SSSR count). The van der Waals surface area contributed by atoms with Gasteiger partial charge in [-0.1, -0.05) is 25.5 Å². The third-order valence-electron chi connectivity index (χ3n) is 6.10. The highest BCUT2D eigenvalue weighted by molar-refractivity contribution is 7.10. The highest BCUT2D eigenvalue weighted by atomic mass is 32.1. The average molecular weight is 353 g/mol. The molecule has 3 aliphatic carbocycles. The normalized spacial score (nSPS) is 26.6. The maximum absolute atomic E-state index is 14.1. The van der Waals surface area contributed by atoms with Gasteiger partial charge in [-0.3, -0.25) is 4.79 Å². The molecule has 0 aliphatic heterocycles. The van der Waals surface area contributed by atoms with Gasteiger partial charge in [0.1, 0.15) is 5.82 Å². The molecule has 1 aromatic heterocycles. The average Bonchev–Trinajstić information content (AvgIpc) is 3.12. The maximum atomic E-state index is 14.1. The summed E-state index contributed by atoms with van der Waals surface area (Å²) >= 11 is 1.63. The second kappa shape index (κ2) is 4.88. The molecule has 1 aromatic carbocycles. The van der Waals surface area contributed by atoms with E-state index in [1.807, 2.05) is 11.6 Å². The smallest absolute Gasteiger partial charge is 0.160 e. The fraction of sp³-hybridized carbons (Fsp3) is 0.429. The Bertz CT molecular complexity index is 955. The van der Waals surface area contributed by atoms with Crippen molar-refractivity contribution in [1.82, 2.24) is 4.98 Å². The number of hydrogen-bond donors (Lipinski definition) is 0. The molecule has 2 nitrogen and oxygen atoms in total. The Labute approximate surface area is 150 Å². The van der Waals surface area contributed by atoms with Gasteiger partial charge in [-0.2, -0.15) is 0 Å². The van der Waals surface area contributed by atoms with Crippen molar-refractivity contribution in [3.8, 4) is 0 Å². The van der Waals surface area contributed by atoms with Gasteiger partial charge in [0.15, 0.2) is 5.78 Å². The SMILES string of the molecule is CC1(C)CC(=O)C2=C(Cc3ncsc3C23CCc2ccc(F)cc23)C1. The first-order valence-electron chi connectivity index (χ1n) is 8.88. The lowest BCUT2D eigenvalue weighted by atomic mass is 9.60. The van der Waals surface area contributed by atoms with Gasteiger partial charge in [0.25, 0.3) is 0 Å². The number of aromatic nitrogens is 1. The molecule has 0 saturated heterocycles. The molecule has 2 aromatic rings. The molecule has 0 radical (unpaired) electrons. The van der Waals surface area contributed by atoms with E-state index in [4.69, 9.17) is 0 Å². The van der Waals surface area contributed by atoms with Crippen LogP contribution in [0.1, 0.15) is 54.8 Å². The van der Waals surface area contributed by atoms with Crippen LogP contribution in [-0.2, 0) is 23.1 Å². The monoisotopic (exact) mass is 353 g/mol. The summed E-state index contributed by atoms with van der Waals surface area (Å²) in [5.41, 5.74) is 6.88. The minimum atomic E-state index is -0.463. The number of thiazole rings is 1. The van der Waals surface area contributed by atoms with Gasteiger partial charge in [0, 0.05) is 23.3 Å². The summed E-state index contributed by atoms with van der Waals surface area (Å²) in [5, 5.41) is 0. The zero-order valence-electron chi connectivity index (χ0n) is 14.5. The van der Waals surface area contributed by atoms with Gasteiger partial charge in [-0.05, 0) is 47.9 Å². The third kappa shape index (κ3) is 2.00. The Morgan fingerprint density at radius 2 is 2.08 bits per heavy atom. The highest BCUT2D eigenvalue weighted by Crippen LogP contribution is 2.58. The Morgan fingerprint density at radius 3 is 2.92 bits per heavy atom. The van der Waals surface area contributed by atoms with Gasteiger partial charge in [0.05, 0.1) is 16.6 Å². The molecule has 1 heterocycles. The number of aryl methyl sites for hydroxylation is 1. The number of Topliss-reactive ketones (excluding diaryl/α,β-unsaturated/α-hetero) is 1. The molecule has 0 bridgehead atoms. The molecule has 1 spiro atoms. The lowest BCUT2D eigenvalue weighted by Gasteiger charge is -2.43. The number of carbonyl (C=O) groups is 1. The van der Waals surface area contributed by atoms with Crippen molar-refractivity contribution in [2.24, 2.45) is 5.41 Å². The van der Waals surface area contributed by atoms with Crippen molar-refractivity contribution in [1.29, 1.82) is 0 Å². The Balaban J connectivity index is 1.83. The predicted octanol–water partition coefficient (Wildman–Crippen LogP) is 4.76. The number of fused-ring (bicyclic) bond motifs is 5. The number of ketones is 1. The number of rotatable bonds is 0. The fourth-order valence-corrected chi connectivity index (χ4v) is 6.38. The van der Waals surface area contributed by atoms with Crippen LogP contribution in [0.4, 0.5) is 4.39 Å². The van der Waals surface area contributed by atoms with E-state index >= 15 is 0 Å². The van der Waals surface area contributed by atoms with E-state index in [2.05, 4.69) is 18.8 Å². The molecular weight excluding hydrogens is 333 g/mol. The summed E-state index contributed by atoms with van der Waals surface area (Å²) in [6.45, 7) is 4.33. The van der Waals surface area contributed by atoms with E-state index in [9.17, 15) is 9.18 Å².